The summed E-state index contributed by atoms with van der Waals surface area (Å²) < 4.78 is 0. The molecule has 2 unspecified atom stereocenters. The second-order valence-corrected chi connectivity index (χ2v) is 8.91. The summed E-state index contributed by atoms with van der Waals surface area (Å²) in [7, 11) is 0. The van der Waals surface area contributed by atoms with Gasteiger partial charge in [0, 0.05) is 36.2 Å². The van der Waals surface area contributed by atoms with Gasteiger partial charge < -0.3 is 15.5 Å². The molecule has 1 heterocycles. The van der Waals surface area contributed by atoms with Gasteiger partial charge in [0.05, 0.1) is 0 Å². The van der Waals surface area contributed by atoms with E-state index in [2.05, 4.69) is 10.6 Å². The number of nitrogens with one attached hydrogen (secondary N) is 2. The highest BCUT2D eigenvalue weighted by Gasteiger charge is 2.36. The highest BCUT2D eigenvalue weighted by atomic mass is 16.2. The molecule has 0 spiro atoms. The van der Waals surface area contributed by atoms with E-state index in [1.54, 1.807) is 17.0 Å². The molecule has 1 aliphatic rings. The smallest absolute Gasteiger partial charge is 0.251 e. The van der Waals surface area contributed by atoms with Crippen LogP contribution in [0.1, 0.15) is 61.2 Å². The van der Waals surface area contributed by atoms with E-state index in [1.807, 2.05) is 65.0 Å². The predicted molar refractivity (Wildman–Crippen MR) is 126 cm³/mol. The van der Waals surface area contributed by atoms with Crippen LogP contribution < -0.4 is 10.6 Å². The fourth-order valence-electron chi connectivity index (χ4n) is 3.96. The molecule has 0 fully saturated rings. The topological polar surface area (TPSA) is 78.5 Å². The number of carbonyl (C=O) groups is 3. The van der Waals surface area contributed by atoms with Gasteiger partial charge in [0.1, 0.15) is 6.04 Å². The number of rotatable bonds is 6. The average molecular weight is 436 g/mol. The van der Waals surface area contributed by atoms with Crippen molar-refractivity contribution in [2.45, 2.75) is 66.1 Å². The summed E-state index contributed by atoms with van der Waals surface area (Å²) in [6.07, 6.45) is 1.19. The third-order valence-electron chi connectivity index (χ3n) is 6.04. The Morgan fingerprint density at radius 3 is 2.41 bits per heavy atom. The maximum atomic E-state index is 13.3. The number of benzene rings is 2. The Morgan fingerprint density at radius 2 is 1.75 bits per heavy atom. The molecule has 2 aromatic carbocycles. The Balaban J connectivity index is 1.86. The van der Waals surface area contributed by atoms with E-state index in [0.717, 1.165) is 23.1 Å². The summed E-state index contributed by atoms with van der Waals surface area (Å²) in [4.78, 5) is 40.7. The van der Waals surface area contributed by atoms with Crippen molar-refractivity contribution >= 4 is 23.4 Å². The minimum atomic E-state index is -0.597. The van der Waals surface area contributed by atoms with Gasteiger partial charge in [0.25, 0.3) is 5.91 Å². The van der Waals surface area contributed by atoms with Crippen LogP contribution in [0.4, 0.5) is 5.69 Å². The summed E-state index contributed by atoms with van der Waals surface area (Å²) in [6, 6.07) is 12.7. The van der Waals surface area contributed by atoms with Crippen molar-refractivity contribution in [3.05, 3.63) is 64.7 Å². The molecule has 0 aromatic heterocycles. The lowest BCUT2D eigenvalue weighted by Crippen LogP contribution is -2.52. The molecule has 2 atom stereocenters. The summed E-state index contributed by atoms with van der Waals surface area (Å²) in [5.41, 5.74) is 4.07. The van der Waals surface area contributed by atoms with Crippen molar-refractivity contribution in [3.63, 3.8) is 0 Å². The predicted octanol–water partition coefficient (Wildman–Crippen LogP) is 4.07. The van der Waals surface area contributed by atoms with Crippen molar-refractivity contribution in [2.24, 2.45) is 5.92 Å². The lowest BCUT2D eigenvalue weighted by molar-refractivity contribution is -0.143. The van der Waals surface area contributed by atoms with Crippen LogP contribution in [0.25, 0.3) is 0 Å². The molecule has 2 N–H and O–H groups in total. The molecule has 6 heteroatoms. The molecule has 3 rings (SSSR count). The number of anilines is 1. The maximum absolute atomic E-state index is 13.3. The summed E-state index contributed by atoms with van der Waals surface area (Å²) in [6.45, 7) is 9.98. The Kier molecular flexibility index (Phi) is 7.33. The van der Waals surface area contributed by atoms with Crippen molar-refractivity contribution in [2.75, 3.05) is 5.32 Å². The second kappa shape index (κ2) is 9.98. The minimum absolute atomic E-state index is 0.0111. The van der Waals surface area contributed by atoms with E-state index in [-0.39, 0.29) is 29.7 Å². The molecule has 0 aliphatic carbocycles. The molecule has 2 aromatic rings. The molecular formula is C26H33N3O3. The second-order valence-electron chi connectivity index (χ2n) is 8.91. The molecule has 0 radical (unpaired) electrons. The van der Waals surface area contributed by atoms with Gasteiger partial charge in [0.2, 0.25) is 11.8 Å². The number of amides is 3. The number of aryl methyl sites for hydroxylation is 1. The molecule has 32 heavy (non-hydrogen) atoms. The molecule has 6 nitrogen and oxygen atoms in total. The first-order chi connectivity index (χ1) is 15.2. The maximum Gasteiger partial charge on any atom is 0.251 e. The van der Waals surface area contributed by atoms with Crippen LogP contribution >= 0.6 is 0 Å². The van der Waals surface area contributed by atoms with Crippen LogP contribution in [0.2, 0.25) is 0 Å². The Hall–Kier alpha value is -3.15. The van der Waals surface area contributed by atoms with Crippen LogP contribution in [0.3, 0.4) is 0 Å². The average Bonchev–Trinajstić information content (AvgIpc) is 2.77. The first kappa shape index (κ1) is 23.5. The molecule has 3 amide bonds. The Bertz CT molecular complexity index is 1020. The highest BCUT2D eigenvalue weighted by Crippen LogP contribution is 2.27. The van der Waals surface area contributed by atoms with Crippen molar-refractivity contribution in [1.29, 1.82) is 0 Å². The van der Waals surface area contributed by atoms with Crippen LogP contribution in [0.15, 0.2) is 42.5 Å². The van der Waals surface area contributed by atoms with Crippen LogP contribution in [0.5, 0.6) is 0 Å². The van der Waals surface area contributed by atoms with E-state index in [9.17, 15) is 14.4 Å². The lowest BCUT2D eigenvalue weighted by atomic mass is 9.92. The van der Waals surface area contributed by atoms with Crippen molar-refractivity contribution < 1.29 is 14.4 Å². The third kappa shape index (κ3) is 5.18. The van der Waals surface area contributed by atoms with Gasteiger partial charge in [-0.2, -0.15) is 0 Å². The molecule has 170 valence electrons. The molecule has 0 saturated heterocycles. The number of carbonyl (C=O) groups excluding carboxylic acids is 3. The molecule has 0 saturated carbocycles. The SMILES string of the molecule is CCC(C)C(=O)N1Cc2ccccc2CC1C(=O)Nc1ccc(C)c(C(=O)NC(C)C)c1. The number of nitrogens with zero attached hydrogens (tertiary/aromatic N) is 1. The van der Waals surface area contributed by atoms with E-state index in [0.29, 0.717) is 24.2 Å². The van der Waals surface area contributed by atoms with E-state index in [1.165, 1.54) is 0 Å². The fraction of sp³-hybridized carbons (Fsp3) is 0.423. The summed E-state index contributed by atoms with van der Waals surface area (Å²) >= 11 is 0. The number of hydrogen-bond acceptors (Lipinski definition) is 3. The molecule has 0 bridgehead atoms. The van der Waals surface area contributed by atoms with E-state index in [4.69, 9.17) is 0 Å². The summed E-state index contributed by atoms with van der Waals surface area (Å²) in [5, 5.41) is 5.84. The van der Waals surface area contributed by atoms with Crippen LogP contribution in [-0.2, 0) is 22.6 Å². The summed E-state index contributed by atoms with van der Waals surface area (Å²) in [5.74, 6) is -0.576. The monoisotopic (exact) mass is 435 g/mol. The molecule has 1 aliphatic heterocycles. The van der Waals surface area contributed by atoms with Crippen molar-refractivity contribution in [3.8, 4) is 0 Å². The highest BCUT2D eigenvalue weighted by molar-refractivity contribution is 6.00. The van der Waals surface area contributed by atoms with E-state index >= 15 is 0 Å². The van der Waals surface area contributed by atoms with Gasteiger partial charge in [-0.1, -0.05) is 44.2 Å². The zero-order chi connectivity index (χ0) is 23.4. The number of fused-ring (bicyclic) bond motifs is 1. The van der Waals surface area contributed by atoms with E-state index < -0.39 is 6.04 Å². The first-order valence-electron chi connectivity index (χ1n) is 11.3. The quantitative estimate of drug-likeness (QED) is 0.718. The number of hydrogen-bond donors (Lipinski definition) is 2. The van der Waals surface area contributed by atoms with Gasteiger partial charge >= 0.3 is 0 Å². The van der Waals surface area contributed by atoms with Gasteiger partial charge in [-0.05, 0) is 56.0 Å². The largest absolute Gasteiger partial charge is 0.350 e. The van der Waals surface area contributed by atoms with Gasteiger partial charge in [-0.15, -0.1) is 0 Å². The zero-order valence-corrected chi connectivity index (χ0v) is 19.6. The molecular weight excluding hydrogens is 402 g/mol. The van der Waals surface area contributed by atoms with Crippen LogP contribution in [-0.4, -0.2) is 34.7 Å². The van der Waals surface area contributed by atoms with Gasteiger partial charge in [0.15, 0.2) is 0 Å². The van der Waals surface area contributed by atoms with Gasteiger partial charge in [-0.3, -0.25) is 14.4 Å². The lowest BCUT2D eigenvalue weighted by Gasteiger charge is -2.37. The minimum Gasteiger partial charge on any atom is -0.350 e. The normalized spacial score (nSPS) is 16.3. The zero-order valence-electron chi connectivity index (χ0n) is 19.6. The standard InChI is InChI=1S/C26H33N3O3/c1-6-17(4)26(32)29-15-20-10-8-7-9-19(20)13-23(29)25(31)28-21-12-11-18(5)22(14-21)24(30)27-16(2)3/h7-12,14,16-17,23H,6,13,15H2,1-5H3,(H,27,30)(H,28,31). The van der Waals surface area contributed by atoms with Crippen LogP contribution in [0, 0.1) is 12.8 Å². The Morgan fingerprint density at radius 1 is 1.06 bits per heavy atom. The van der Waals surface area contributed by atoms with Crippen molar-refractivity contribution in [1.82, 2.24) is 10.2 Å². The third-order valence-corrected chi connectivity index (χ3v) is 6.04. The fourth-order valence-corrected chi connectivity index (χ4v) is 3.96. The van der Waals surface area contributed by atoms with Gasteiger partial charge in [-0.25, -0.2) is 0 Å². The Labute approximate surface area is 190 Å². The first-order valence-corrected chi connectivity index (χ1v) is 11.3.